The number of aryl methyl sites for hydroxylation is 1. The number of para-hydroxylation sites is 1. The first-order valence-electron chi connectivity index (χ1n) is 9.98. The van der Waals surface area contributed by atoms with Gasteiger partial charge in [-0.05, 0) is 25.1 Å². The Labute approximate surface area is 175 Å². The van der Waals surface area contributed by atoms with Gasteiger partial charge in [-0.2, -0.15) is 0 Å². The fourth-order valence-corrected chi connectivity index (χ4v) is 4.12. The second-order valence-electron chi connectivity index (χ2n) is 6.97. The van der Waals surface area contributed by atoms with Crippen LogP contribution in [0.5, 0.6) is 5.75 Å². The standard InChI is InChI=1S/C22H26N4O2S/c1-16-15-25-21(29-16)9-12-24-22(23-11-8-17-5-4-13-27-17)26-19-10-14-28-20-7-3-2-6-18(19)20/h2-7,13,15,19H,8-12,14H2,1H3,(H2,23,24,26). The number of furan rings is 1. The van der Waals surface area contributed by atoms with Crippen molar-refractivity contribution in [3.05, 3.63) is 70.1 Å². The molecule has 0 amide bonds. The molecule has 1 aliphatic heterocycles. The van der Waals surface area contributed by atoms with Gasteiger partial charge in [0.05, 0.1) is 23.9 Å². The van der Waals surface area contributed by atoms with E-state index in [2.05, 4.69) is 28.6 Å². The Bertz CT molecular complexity index is 936. The summed E-state index contributed by atoms with van der Waals surface area (Å²) in [4.78, 5) is 10.5. The largest absolute Gasteiger partial charge is 0.493 e. The molecule has 0 saturated heterocycles. The number of ether oxygens (including phenoxy) is 1. The van der Waals surface area contributed by atoms with Gasteiger partial charge < -0.3 is 19.8 Å². The normalized spacial score (nSPS) is 16.2. The summed E-state index contributed by atoms with van der Waals surface area (Å²) in [6.07, 6.45) is 6.18. The van der Waals surface area contributed by atoms with Gasteiger partial charge in [-0.3, -0.25) is 4.99 Å². The van der Waals surface area contributed by atoms with E-state index in [0.29, 0.717) is 13.2 Å². The Morgan fingerprint density at radius 1 is 1.24 bits per heavy atom. The van der Waals surface area contributed by atoms with Crippen LogP contribution in [0.3, 0.4) is 0 Å². The maximum atomic E-state index is 5.79. The van der Waals surface area contributed by atoms with Crippen LogP contribution < -0.4 is 15.4 Å². The van der Waals surface area contributed by atoms with E-state index in [1.807, 2.05) is 36.5 Å². The lowest BCUT2D eigenvalue weighted by Crippen LogP contribution is -2.42. The zero-order valence-electron chi connectivity index (χ0n) is 16.6. The zero-order chi connectivity index (χ0) is 19.9. The van der Waals surface area contributed by atoms with Crippen LogP contribution in [0.25, 0.3) is 0 Å². The molecule has 0 spiro atoms. The average molecular weight is 411 g/mol. The molecule has 0 bridgehead atoms. The van der Waals surface area contributed by atoms with Gasteiger partial charge in [0, 0.05) is 49.0 Å². The number of rotatable bonds is 7. The molecule has 6 nitrogen and oxygen atoms in total. The smallest absolute Gasteiger partial charge is 0.191 e. The first kappa shape index (κ1) is 19.5. The lowest BCUT2D eigenvalue weighted by atomic mass is 10.0. The molecule has 29 heavy (non-hydrogen) atoms. The molecule has 1 aromatic carbocycles. The van der Waals surface area contributed by atoms with Crippen LogP contribution in [0.4, 0.5) is 0 Å². The number of benzene rings is 1. The van der Waals surface area contributed by atoms with Gasteiger partial charge in [-0.15, -0.1) is 11.3 Å². The van der Waals surface area contributed by atoms with Crippen molar-refractivity contribution in [1.29, 1.82) is 0 Å². The van der Waals surface area contributed by atoms with Crippen LogP contribution in [-0.2, 0) is 12.8 Å². The van der Waals surface area contributed by atoms with E-state index < -0.39 is 0 Å². The summed E-state index contributed by atoms with van der Waals surface area (Å²) >= 11 is 1.73. The minimum Gasteiger partial charge on any atom is -0.493 e. The highest BCUT2D eigenvalue weighted by Crippen LogP contribution is 2.31. The van der Waals surface area contributed by atoms with Crippen LogP contribution >= 0.6 is 11.3 Å². The molecule has 1 atom stereocenters. The van der Waals surface area contributed by atoms with Crippen molar-refractivity contribution in [3.8, 4) is 5.75 Å². The number of guanidine groups is 1. The molecule has 3 aromatic rings. The third-order valence-corrected chi connectivity index (χ3v) is 5.75. The minimum absolute atomic E-state index is 0.178. The van der Waals surface area contributed by atoms with Crippen molar-refractivity contribution in [1.82, 2.24) is 15.6 Å². The quantitative estimate of drug-likeness (QED) is 0.457. The average Bonchev–Trinajstić information content (AvgIpc) is 3.40. The van der Waals surface area contributed by atoms with Crippen LogP contribution in [0.15, 0.2) is 58.3 Å². The Balaban J connectivity index is 1.41. The van der Waals surface area contributed by atoms with Crippen molar-refractivity contribution in [2.45, 2.75) is 32.2 Å². The molecule has 1 unspecified atom stereocenters. The maximum Gasteiger partial charge on any atom is 0.191 e. The van der Waals surface area contributed by atoms with Crippen LogP contribution in [0.1, 0.15) is 33.7 Å². The highest BCUT2D eigenvalue weighted by molar-refractivity contribution is 7.11. The lowest BCUT2D eigenvalue weighted by molar-refractivity contribution is 0.261. The summed E-state index contributed by atoms with van der Waals surface area (Å²) in [5.74, 6) is 2.72. The number of nitrogens with one attached hydrogen (secondary N) is 2. The molecule has 3 heterocycles. The monoisotopic (exact) mass is 410 g/mol. The fraction of sp³-hybridized carbons (Fsp3) is 0.364. The highest BCUT2D eigenvalue weighted by Gasteiger charge is 2.21. The highest BCUT2D eigenvalue weighted by atomic mass is 32.1. The van der Waals surface area contributed by atoms with E-state index in [0.717, 1.165) is 48.3 Å². The van der Waals surface area contributed by atoms with Gasteiger partial charge >= 0.3 is 0 Å². The molecule has 1 aliphatic rings. The van der Waals surface area contributed by atoms with E-state index in [1.165, 1.54) is 10.4 Å². The fourth-order valence-electron chi connectivity index (χ4n) is 3.35. The molecule has 0 fully saturated rings. The number of hydrogen-bond acceptors (Lipinski definition) is 5. The molecule has 0 saturated carbocycles. The number of fused-ring (bicyclic) bond motifs is 1. The third kappa shape index (κ3) is 5.38. The van der Waals surface area contributed by atoms with Gasteiger partial charge in [0.1, 0.15) is 11.5 Å². The van der Waals surface area contributed by atoms with Crippen LogP contribution in [0, 0.1) is 6.92 Å². The molecule has 7 heteroatoms. The lowest BCUT2D eigenvalue weighted by Gasteiger charge is -2.28. The minimum atomic E-state index is 0.178. The third-order valence-electron chi connectivity index (χ3n) is 4.78. The number of nitrogens with zero attached hydrogens (tertiary/aromatic N) is 2. The van der Waals surface area contributed by atoms with E-state index >= 15 is 0 Å². The Morgan fingerprint density at radius 3 is 3.00 bits per heavy atom. The SMILES string of the molecule is Cc1cnc(CCN=C(NCCc2ccco2)NC2CCOc3ccccc32)s1. The second kappa shape index (κ2) is 9.60. The second-order valence-corrected chi connectivity index (χ2v) is 8.29. The van der Waals surface area contributed by atoms with Crippen molar-refractivity contribution in [3.63, 3.8) is 0 Å². The Kier molecular flexibility index (Phi) is 6.46. The Hall–Kier alpha value is -2.80. The number of hydrogen-bond donors (Lipinski definition) is 2. The molecular formula is C22H26N4O2S. The van der Waals surface area contributed by atoms with E-state index in [9.17, 15) is 0 Å². The van der Waals surface area contributed by atoms with Crippen LogP contribution in [-0.4, -0.2) is 30.6 Å². The summed E-state index contributed by atoms with van der Waals surface area (Å²) in [6.45, 7) is 4.22. The Morgan fingerprint density at radius 2 is 2.17 bits per heavy atom. The van der Waals surface area contributed by atoms with Crippen LogP contribution in [0.2, 0.25) is 0 Å². The van der Waals surface area contributed by atoms with Crippen molar-refractivity contribution < 1.29 is 9.15 Å². The molecule has 2 aromatic heterocycles. The molecule has 4 rings (SSSR count). The number of aromatic nitrogens is 1. The first-order chi connectivity index (χ1) is 14.3. The van der Waals surface area contributed by atoms with Gasteiger partial charge in [0.2, 0.25) is 0 Å². The van der Waals surface area contributed by atoms with E-state index in [1.54, 1.807) is 17.6 Å². The maximum absolute atomic E-state index is 5.79. The topological polar surface area (TPSA) is 71.7 Å². The summed E-state index contributed by atoms with van der Waals surface area (Å²) in [5.41, 5.74) is 1.18. The molecular weight excluding hydrogens is 384 g/mol. The number of thiazole rings is 1. The van der Waals surface area contributed by atoms with Gasteiger partial charge in [0.15, 0.2) is 5.96 Å². The molecule has 0 aliphatic carbocycles. The number of aliphatic imine (C=N–C) groups is 1. The molecule has 0 radical (unpaired) electrons. The predicted molar refractivity (Wildman–Crippen MR) is 116 cm³/mol. The van der Waals surface area contributed by atoms with Crippen molar-refractivity contribution in [2.75, 3.05) is 19.7 Å². The first-order valence-corrected chi connectivity index (χ1v) is 10.8. The summed E-state index contributed by atoms with van der Waals surface area (Å²) in [6, 6.07) is 12.3. The van der Waals surface area contributed by atoms with E-state index in [-0.39, 0.29) is 6.04 Å². The van der Waals surface area contributed by atoms with Crippen molar-refractivity contribution in [2.24, 2.45) is 4.99 Å². The van der Waals surface area contributed by atoms with E-state index in [4.69, 9.17) is 14.1 Å². The summed E-state index contributed by atoms with van der Waals surface area (Å²) < 4.78 is 11.2. The summed E-state index contributed by atoms with van der Waals surface area (Å²) in [5, 5.41) is 8.17. The van der Waals surface area contributed by atoms with Gasteiger partial charge in [-0.25, -0.2) is 4.98 Å². The van der Waals surface area contributed by atoms with Crippen molar-refractivity contribution >= 4 is 17.3 Å². The summed E-state index contributed by atoms with van der Waals surface area (Å²) in [7, 11) is 0. The predicted octanol–water partition coefficient (Wildman–Crippen LogP) is 3.89. The molecule has 152 valence electrons. The zero-order valence-corrected chi connectivity index (χ0v) is 17.4. The van der Waals surface area contributed by atoms with Gasteiger partial charge in [0.25, 0.3) is 0 Å². The molecule has 2 N–H and O–H groups in total. The van der Waals surface area contributed by atoms with Gasteiger partial charge in [-0.1, -0.05) is 18.2 Å².